The summed E-state index contributed by atoms with van der Waals surface area (Å²) >= 11 is 0. The van der Waals surface area contributed by atoms with E-state index in [1.807, 2.05) is 31.2 Å². The van der Waals surface area contributed by atoms with Crippen molar-refractivity contribution in [3.63, 3.8) is 0 Å². The van der Waals surface area contributed by atoms with Crippen LogP contribution in [0.2, 0.25) is 0 Å². The van der Waals surface area contributed by atoms with Crippen molar-refractivity contribution in [3.8, 4) is 0 Å². The van der Waals surface area contributed by atoms with Gasteiger partial charge in [0.2, 0.25) is 0 Å². The number of fused-ring (bicyclic) bond motifs is 3. The highest BCUT2D eigenvalue weighted by Gasteiger charge is 2.13. The summed E-state index contributed by atoms with van der Waals surface area (Å²) in [7, 11) is 0. The van der Waals surface area contributed by atoms with E-state index in [4.69, 9.17) is 9.84 Å². The van der Waals surface area contributed by atoms with Gasteiger partial charge in [-0.05, 0) is 13.0 Å². The number of rotatable bonds is 7. The van der Waals surface area contributed by atoms with Gasteiger partial charge in [-0.1, -0.05) is 18.2 Å². The number of carbonyl (C=O) groups is 1. The molecule has 0 aliphatic heterocycles. The lowest BCUT2D eigenvalue weighted by Crippen LogP contribution is -2.22. The number of carboxylic acid groups (broad SMARTS) is 1. The molecule has 8 heteroatoms. The van der Waals surface area contributed by atoms with Crippen molar-refractivity contribution in [2.75, 3.05) is 13.2 Å². The molecule has 0 atom stereocenters. The minimum Gasteiger partial charge on any atom is -0.465 e. The Morgan fingerprint density at radius 2 is 2.24 bits per heavy atom. The summed E-state index contributed by atoms with van der Waals surface area (Å²) in [4.78, 5) is 19.5. The number of pyridine rings is 1. The zero-order chi connectivity index (χ0) is 17.6. The molecule has 130 valence electrons. The smallest absolute Gasteiger partial charge is 0.404 e. The third kappa shape index (κ3) is 3.74. The largest absolute Gasteiger partial charge is 0.465 e. The Hall–Kier alpha value is -3.00. The quantitative estimate of drug-likeness (QED) is 0.508. The van der Waals surface area contributed by atoms with Gasteiger partial charge < -0.3 is 15.2 Å². The molecule has 0 unspecified atom stereocenters. The van der Waals surface area contributed by atoms with E-state index in [1.165, 1.54) is 0 Å². The Kier molecular flexibility index (Phi) is 5.20. The SMILES string of the molecule is CCOCc1nc2cnc3ccccc3c2n1N=CCCNC(=O)O. The van der Waals surface area contributed by atoms with E-state index < -0.39 is 6.09 Å². The minimum absolute atomic E-state index is 0.300. The van der Waals surface area contributed by atoms with Crippen molar-refractivity contribution < 1.29 is 14.6 Å². The van der Waals surface area contributed by atoms with Crippen LogP contribution in [0.5, 0.6) is 0 Å². The second kappa shape index (κ2) is 7.71. The van der Waals surface area contributed by atoms with E-state index >= 15 is 0 Å². The standard InChI is InChI=1S/C17H19N5O3/c1-2-25-11-15-21-14-10-19-13-7-4-3-6-12(13)16(14)22(15)20-9-5-8-18-17(23)24/h3-4,6-7,9-10,18H,2,5,8,11H2,1H3,(H,23,24). The summed E-state index contributed by atoms with van der Waals surface area (Å²) in [6, 6.07) is 7.80. The van der Waals surface area contributed by atoms with Crippen molar-refractivity contribution in [2.24, 2.45) is 5.10 Å². The number of hydrogen-bond acceptors (Lipinski definition) is 5. The third-order valence-corrected chi connectivity index (χ3v) is 3.62. The van der Waals surface area contributed by atoms with Gasteiger partial charge in [-0.25, -0.2) is 14.5 Å². The van der Waals surface area contributed by atoms with Crippen molar-refractivity contribution in [1.29, 1.82) is 0 Å². The van der Waals surface area contributed by atoms with E-state index in [0.29, 0.717) is 32.0 Å². The van der Waals surface area contributed by atoms with E-state index in [2.05, 4.69) is 20.4 Å². The van der Waals surface area contributed by atoms with Crippen LogP contribution in [-0.4, -0.2) is 45.2 Å². The Morgan fingerprint density at radius 3 is 3.04 bits per heavy atom. The summed E-state index contributed by atoms with van der Waals surface area (Å²) in [6.07, 6.45) is 2.83. The van der Waals surface area contributed by atoms with Gasteiger partial charge in [0.25, 0.3) is 0 Å². The minimum atomic E-state index is -1.05. The first-order valence-electron chi connectivity index (χ1n) is 8.03. The number of aromatic nitrogens is 3. The van der Waals surface area contributed by atoms with Gasteiger partial charge in [0, 0.05) is 31.2 Å². The zero-order valence-corrected chi connectivity index (χ0v) is 13.8. The summed E-state index contributed by atoms with van der Waals surface area (Å²) in [5.41, 5.74) is 2.47. The average molecular weight is 341 g/mol. The summed E-state index contributed by atoms with van der Waals surface area (Å²) in [5, 5.41) is 16.3. The monoisotopic (exact) mass is 341 g/mol. The number of nitrogens with one attached hydrogen (secondary N) is 1. The highest BCUT2D eigenvalue weighted by molar-refractivity contribution is 6.02. The first kappa shape index (κ1) is 16.8. The fraction of sp³-hybridized carbons (Fsp3) is 0.294. The lowest BCUT2D eigenvalue weighted by Gasteiger charge is -2.05. The van der Waals surface area contributed by atoms with Crippen LogP contribution in [0, 0.1) is 0 Å². The molecule has 0 spiro atoms. The lowest BCUT2D eigenvalue weighted by molar-refractivity contribution is 0.126. The van der Waals surface area contributed by atoms with Crippen LogP contribution >= 0.6 is 0 Å². The molecule has 0 radical (unpaired) electrons. The van der Waals surface area contributed by atoms with Crippen molar-refractivity contribution in [2.45, 2.75) is 20.0 Å². The molecule has 0 bridgehead atoms. The fourth-order valence-electron chi connectivity index (χ4n) is 2.53. The van der Waals surface area contributed by atoms with Crippen LogP contribution in [0.15, 0.2) is 35.6 Å². The van der Waals surface area contributed by atoms with Crippen LogP contribution < -0.4 is 5.32 Å². The number of imidazole rings is 1. The second-order valence-corrected chi connectivity index (χ2v) is 5.30. The van der Waals surface area contributed by atoms with Crippen LogP contribution in [0.3, 0.4) is 0 Å². The second-order valence-electron chi connectivity index (χ2n) is 5.30. The first-order valence-corrected chi connectivity index (χ1v) is 8.03. The lowest BCUT2D eigenvalue weighted by atomic mass is 10.2. The van der Waals surface area contributed by atoms with Gasteiger partial charge in [-0.15, -0.1) is 0 Å². The molecular formula is C17H19N5O3. The molecule has 0 saturated heterocycles. The molecule has 2 heterocycles. The highest BCUT2D eigenvalue weighted by Crippen LogP contribution is 2.24. The van der Waals surface area contributed by atoms with E-state index in [9.17, 15) is 4.79 Å². The summed E-state index contributed by atoms with van der Waals surface area (Å²) in [5.74, 6) is 0.678. The van der Waals surface area contributed by atoms with Crippen molar-refractivity contribution >= 4 is 34.2 Å². The molecule has 2 aromatic heterocycles. The van der Waals surface area contributed by atoms with Crippen molar-refractivity contribution in [3.05, 3.63) is 36.3 Å². The molecule has 1 aromatic carbocycles. The maximum atomic E-state index is 10.5. The van der Waals surface area contributed by atoms with Crippen molar-refractivity contribution in [1.82, 2.24) is 20.0 Å². The molecular weight excluding hydrogens is 322 g/mol. The van der Waals surface area contributed by atoms with Crippen LogP contribution in [0.1, 0.15) is 19.2 Å². The van der Waals surface area contributed by atoms with Gasteiger partial charge in [0.15, 0.2) is 5.82 Å². The zero-order valence-electron chi connectivity index (χ0n) is 13.8. The van der Waals surface area contributed by atoms with Crippen LogP contribution in [0.4, 0.5) is 4.79 Å². The predicted molar refractivity (Wildman–Crippen MR) is 94.9 cm³/mol. The molecule has 0 saturated carbocycles. The summed E-state index contributed by atoms with van der Waals surface area (Å²) < 4.78 is 7.24. The van der Waals surface area contributed by atoms with Gasteiger partial charge in [0.05, 0.1) is 11.7 Å². The number of hydrogen-bond donors (Lipinski definition) is 2. The summed E-state index contributed by atoms with van der Waals surface area (Å²) in [6.45, 7) is 3.14. The first-order chi connectivity index (χ1) is 12.2. The topological polar surface area (TPSA) is 102 Å². The number of amides is 1. The van der Waals surface area contributed by atoms with Gasteiger partial charge in [-0.3, -0.25) is 4.98 Å². The molecule has 1 amide bonds. The predicted octanol–water partition coefficient (Wildman–Crippen LogP) is 2.61. The number of para-hydroxylation sites is 1. The molecule has 0 aliphatic rings. The van der Waals surface area contributed by atoms with Gasteiger partial charge in [-0.2, -0.15) is 5.10 Å². The van der Waals surface area contributed by atoms with Gasteiger partial charge in [0.1, 0.15) is 17.6 Å². The highest BCUT2D eigenvalue weighted by atomic mass is 16.5. The molecule has 0 fully saturated rings. The molecule has 8 nitrogen and oxygen atoms in total. The molecule has 2 N–H and O–H groups in total. The maximum absolute atomic E-state index is 10.5. The Morgan fingerprint density at radius 1 is 1.40 bits per heavy atom. The van der Waals surface area contributed by atoms with E-state index in [1.54, 1.807) is 17.1 Å². The van der Waals surface area contributed by atoms with Crippen LogP contribution in [-0.2, 0) is 11.3 Å². The molecule has 3 aromatic rings. The Labute approximate surface area is 144 Å². The van der Waals surface area contributed by atoms with Gasteiger partial charge >= 0.3 is 6.09 Å². The van der Waals surface area contributed by atoms with E-state index in [-0.39, 0.29) is 0 Å². The normalized spacial score (nSPS) is 11.6. The Balaban J connectivity index is 2.00. The fourth-order valence-corrected chi connectivity index (χ4v) is 2.53. The van der Waals surface area contributed by atoms with Crippen LogP contribution in [0.25, 0.3) is 21.9 Å². The Bertz CT molecular complexity index is 919. The maximum Gasteiger partial charge on any atom is 0.404 e. The van der Waals surface area contributed by atoms with E-state index in [0.717, 1.165) is 21.9 Å². The average Bonchev–Trinajstić information content (AvgIpc) is 2.97. The molecule has 3 rings (SSSR count). The third-order valence-electron chi connectivity index (χ3n) is 3.62. The molecule has 25 heavy (non-hydrogen) atoms. The number of benzene rings is 1. The molecule has 0 aliphatic carbocycles. The number of ether oxygens (including phenoxy) is 1. The number of nitrogens with zero attached hydrogens (tertiary/aromatic N) is 4.